The molecule has 1 N–H and O–H groups in total. The Labute approximate surface area is 203 Å². The number of para-hydroxylation sites is 2. The fourth-order valence-corrected chi connectivity index (χ4v) is 5.04. The molecule has 4 aromatic rings. The summed E-state index contributed by atoms with van der Waals surface area (Å²) in [6.45, 7) is 2.47. The zero-order valence-electron chi connectivity index (χ0n) is 19.1. The molecule has 0 spiro atoms. The van der Waals surface area contributed by atoms with E-state index in [-0.39, 0.29) is 24.3 Å². The quantitative estimate of drug-likeness (QED) is 0.382. The van der Waals surface area contributed by atoms with Crippen molar-refractivity contribution < 1.29 is 9.59 Å². The van der Waals surface area contributed by atoms with Crippen LogP contribution in [0.1, 0.15) is 36.8 Å². The highest BCUT2D eigenvalue weighted by molar-refractivity contribution is 7.98. The summed E-state index contributed by atoms with van der Waals surface area (Å²) in [5, 5.41) is 2.97. The Balaban J connectivity index is 1.49. The predicted molar refractivity (Wildman–Crippen MR) is 136 cm³/mol. The van der Waals surface area contributed by atoms with Crippen LogP contribution in [0.25, 0.3) is 11.0 Å². The van der Waals surface area contributed by atoms with Crippen molar-refractivity contribution in [2.45, 2.75) is 36.9 Å². The van der Waals surface area contributed by atoms with Crippen LogP contribution in [-0.2, 0) is 16.1 Å². The van der Waals surface area contributed by atoms with E-state index >= 15 is 0 Å². The third-order valence-corrected chi connectivity index (χ3v) is 7.00. The highest BCUT2D eigenvalue weighted by Crippen LogP contribution is 2.37. The Kier molecular flexibility index (Phi) is 6.11. The first-order valence-electron chi connectivity index (χ1n) is 11.3. The second-order valence-electron chi connectivity index (χ2n) is 8.46. The average Bonchev–Trinajstić information content (AvgIpc) is 3.25. The van der Waals surface area contributed by atoms with E-state index in [0.29, 0.717) is 6.54 Å². The van der Waals surface area contributed by atoms with E-state index in [9.17, 15) is 9.59 Å². The minimum absolute atomic E-state index is 0.0354. The SMILES string of the molecule is CSc1cccc(NC(=O)C[C@H]2C(=O)N(Cc3ccccc3)[C@H](C)c3nc4ccccc4n32)c1. The van der Waals surface area contributed by atoms with Gasteiger partial charge >= 0.3 is 0 Å². The second kappa shape index (κ2) is 9.35. The number of benzene rings is 3. The maximum absolute atomic E-state index is 13.8. The lowest BCUT2D eigenvalue weighted by atomic mass is 10.0. The molecule has 0 aliphatic carbocycles. The highest BCUT2D eigenvalue weighted by Gasteiger charge is 2.40. The molecule has 1 aliphatic rings. The van der Waals surface area contributed by atoms with Gasteiger partial charge in [-0.1, -0.05) is 48.5 Å². The van der Waals surface area contributed by atoms with Crippen molar-refractivity contribution in [2.24, 2.45) is 0 Å². The smallest absolute Gasteiger partial charge is 0.247 e. The maximum atomic E-state index is 13.8. The van der Waals surface area contributed by atoms with Gasteiger partial charge in [-0.2, -0.15) is 0 Å². The van der Waals surface area contributed by atoms with Crippen molar-refractivity contribution in [3.8, 4) is 0 Å². The first kappa shape index (κ1) is 22.2. The largest absolute Gasteiger partial charge is 0.327 e. The van der Waals surface area contributed by atoms with E-state index in [2.05, 4.69) is 5.32 Å². The molecule has 2 atom stereocenters. The van der Waals surface area contributed by atoms with Gasteiger partial charge in [0.25, 0.3) is 0 Å². The van der Waals surface area contributed by atoms with Crippen LogP contribution in [0.15, 0.2) is 83.8 Å². The number of nitrogens with zero attached hydrogens (tertiary/aromatic N) is 3. The molecule has 0 saturated carbocycles. The first-order chi connectivity index (χ1) is 16.5. The lowest BCUT2D eigenvalue weighted by molar-refractivity contribution is -0.142. The normalized spacial score (nSPS) is 17.6. The lowest BCUT2D eigenvalue weighted by Crippen LogP contribution is -2.45. The number of anilines is 1. The number of aromatic nitrogens is 2. The van der Waals surface area contributed by atoms with Crippen LogP contribution in [0.3, 0.4) is 0 Å². The topological polar surface area (TPSA) is 67.2 Å². The molecule has 1 aliphatic heterocycles. The fraction of sp³-hybridized carbons (Fsp3) is 0.222. The molecular weight excluding hydrogens is 444 g/mol. The molecule has 6 nitrogen and oxygen atoms in total. The molecule has 172 valence electrons. The molecule has 2 amide bonds. The molecule has 0 radical (unpaired) electrons. The highest BCUT2D eigenvalue weighted by atomic mass is 32.2. The number of amides is 2. The van der Waals surface area contributed by atoms with Crippen LogP contribution in [0.5, 0.6) is 0 Å². The third kappa shape index (κ3) is 4.19. The minimum Gasteiger partial charge on any atom is -0.327 e. The monoisotopic (exact) mass is 470 g/mol. The van der Waals surface area contributed by atoms with Crippen molar-refractivity contribution >= 4 is 40.3 Å². The Morgan fingerprint density at radius 1 is 1.03 bits per heavy atom. The van der Waals surface area contributed by atoms with E-state index in [1.165, 1.54) is 0 Å². The summed E-state index contributed by atoms with van der Waals surface area (Å²) in [6, 6.07) is 24.6. The number of rotatable bonds is 6. The van der Waals surface area contributed by atoms with Gasteiger partial charge in [-0.25, -0.2) is 4.98 Å². The van der Waals surface area contributed by atoms with Gasteiger partial charge in [0.2, 0.25) is 11.8 Å². The Hall–Kier alpha value is -3.58. The number of fused-ring (bicyclic) bond motifs is 3. The second-order valence-corrected chi connectivity index (χ2v) is 9.34. The lowest BCUT2D eigenvalue weighted by Gasteiger charge is -2.38. The molecule has 0 bridgehead atoms. The van der Waals surface area contributed by atoms with Gasteiger partial charge in [0, 0.05) is 17.1 Å². The van der Waals surface area contributed by atoms with Crippen molar-refractivity contribution in [2.75, 3.05) is 11.6 Å². The summed E-state index contributed by atoms with van der Waals surface area (Å²) < 4.78 is 1.96. The van der Waals surface area contributed by atoms with Gasteiger partial charge in [0.15, 0.2) is 0 Å². The molecule has 0 unspecified atom stereocenters. The average molecular weight is 471 g/mol. The number of hydrogen-bond donors (Lipinski definition) is 1. The van der Waals surface area contributed by atoms with Gasteiger partial charge in [-0.05, 0) is 49.1 Å². The minimum atomic E-state index is -0.661. The zero-order valence-corrected chi connectivity index (χ0v) is 20.0. The van der Waals surface area contributed by atoms with E-state index in [0.717, 1.165) is 33.0 Å². The molecule has 0 saturated heterocycles. The predicted octanol–water partition coefficient (Wildman–Crippen LogP) is 5.43. The standard InChI is InChI=1S/C27H26N4O2S/c1-18-26-29-22-13-6-7-14-23(22)31(26)24(27(33)30(18)17-19-9-4-3-5-10-19)16-25(32)28-20-11-8-12-21(15-20)34-2/h3-15,18,24H,16-17H2,1-2H3,(H,28,32)/t18-,24+/m1/s1. The van der Waals surface area contributed by atoms with E-state index < -0.39 is 6.04 Å². The van der Waals surface area contributed by atoms with Crippen molar-refractivity contribution in [3.05, 3.63) is 90.3 Å². The number of carbonyl (C=O) groups excluding carboxylic acids is 2. The molecule has 3 aromatic carbocycles. The van der Waals surface area contributed by atoms with Crippen LogP contribution < -0.4 is 5.32 Å². The Bertz CT molecular complexity index is 1350. The van der Waals surface area contributed by atoms with Crippen molar-refractivity contribution in [1.29, 1.82) is 0 Å². The molecule has 5 rings (SSSR count). The van der Waals surface area contributed by atoms with Crippen LogP contribution >= 0.6 is 11.8 Å². The van der Waals surface area contributed by atoms with E-state index in [1.54, 1.807) is 11.8 Å². The number of thioether (sulfide) groups is 1. The van der Waals surface area contributed by atoms with Gasteiger partial charge in [0.1, 0.15) is 11.9 Å². The Morgan fingerprint density at radius 3 is 2.59 bits per heavy atom. The van der Waals surface area contributed by atoms with Crippen LogP contribution in [0.2, 0.25) is 0 Å². The van der Waals surface area contributed by atoms with Gasteiger partial charge in [-0.3, -0.25) is 9.59 Å². The van der Waals surface area contributed by atoms with E-state index in [1.807, 2.05) is 102 Å². The van der Waals surface area contributed by atoms with Gasteiger partial charge < -0.3 is 14.8 Å². The van der Waals surface area contributed by atoms with Crippen LogP contribution in [0.4, 0.5) is 5.69 Å². The summed E-state index contributed by atoms with van der Waals surface area (Å²) in [6.07, 6.45) is 2.03. The molecule has 0 fully saturated rings. The number of hydrogen-bond acceptors (Lipinski definition) is 4. The first-order valence-corrected chi connectivity index (χ1v) is 12.5. The number of imidazole rings is 1. The van der Waals surface area contributed by atoms with Crippen LogP contribution in [0, 0.1) is 0 Å². The van der Waals surface area contributed by atoms with E-state index in [4.69, 9.17) is 4.98 Å². The fourth-order valence-electron chi connectivity index (χ4n) is 4.58. The van der Waals surface area contributed by atoms with Gasteiger partial charge in [0.05, 0.1) is 23.5 Å². The van der Waals surface area contributed by atoms with Gasteiger partial charge in [-0.15, -0.1) is 11.8 Å². The van der Waals surface area contributed by atoms with Crippen molar-refractivity contribution in [3.63, 3.8) is 0 Å². The molecule has 7 heteroatoms. The third-order valence-electron chi connectivity index (χ3n) is 6.27. The number of nitrogens with one attached hydrogen (secondary N) is 1. The Morgan fingerprint density at radius 2 is 1.79 bits per heavy atom. The molecule has 34 heavy (non-hydrogen) atoms. The molecular formula is C27H26N4O2S. The zero-order chi connectivity index (χ0) is 23.7. The van der Waals surface area contributed by atoms with Crippen LogP contribution in [-0.4, -0.2) is 32.5 Å². The van der Waals surface area contributed by atoms with Crippen molar-refractivity contribution in [1.82, 2.24) is 14.5 Å². The molecule has 2 heterocycles. The summed E-state index contributed by atoms with van der Waals surface area (Å²) in [5.41, 5.74) is 3.48. The summed E-state index contributed by atoms with van der Waals surface area (Å²) in [7, 11) is 0. The molecule has 1 aromatic heterocycles. The summed E-state index contributed by atoms with van der Waals surface area (Å²) >= 11 is 1.62. The summed E-state index contributed by atoms with van der Waals surface area (Å²) in [5.74, 6) is 0.536. The summed E-state index contributed by atoms with van der Waals surface area (Å²) in [4.78, 5) is 34.7. The maximum Gasteiger partial charge on any atom is 0.247 e. The number of carbonyl (C=O) groups is 2.